The Morgan fingerprint density at radius 3 is 2.47 bits per heavy atom. The highest BCUT2D eigenvalue weighted by atomic mass is 79.9. The van der Waals surface area contributed by atoms with Gasteiger partial charge in [-0.05, 0) is 44.8 Å². The van der Waals surface area contributed by atoms with Gasteiger partial charge in [-0.15, -0.1) is 0 Å². The Labute approximate surface area is 122 Å². The summed E-state index contributed by atoms with van der Waals surface area (Å²) in [6.45, 7) is 2.02. The summed E-state index contributed by atoms with van der Waals surface area (Å²) in [6, 6.07) is 12.3. The average Bonchev–Trinajstić information content (AvgIpc) is 2.41. The Morgan fingerprint density at radius 1 is 1.16 bits per heavy atom. The van der Waals surface area contributed by atoms with Crippen LogP contribution >= 0.6 is 15.9 Å². The van der Waals surface area contributed by atoms with Gasteiger partial charge in [-0.1, -0.05) is 16.8 Å². The Kier molecular flexibility index (Phi) is 4.32. The van der Waals surface area contributed by atoms with Gasteiger partial charge in [0.2, 0.25) is 11.9 Å². The highest BCUT2D eigenvalue weighted by molar-refractivity contribution is 9.10. The van der Waals surface area contributed by atoms with Crippen molar-refractivity contribution in [3.8, 4) is 0 Å². The molecular weight excluding hydrogens is 302 g/mol. The van der Waals surface area contributed by atoms with Crippen LogP contribution < -0.4 is 9.58 Å². The highest BCUT2D eigenvalue weighted by Crippen LogP contribution is 2.11. The molecule has 1 heterocycles. The lowest BCUT2D eigenvalue weighted by Crippen LogP contribution is -2.31. The first-order chi connectivity index (χ1) is 9.08. The Bertz CT molecular complexity index is 589. The molecule has 0 bridgehead atoms. The third-order valence-corrected chi connectivity index (χ3v) is 3.74. The van der Waals surface area contributed by atoms with E-state index in [4.69, 9.17) is 0 Å². The molecule has 1 aromatic carbocycles. The minimum atomic E-state index is 1.05. The first-order valence-electron chi connectivity index (χ1n) is 6.06. The van der Waals surface area contributed by atoms with E-state index in [1.807, 2.05) is 50.2 Å². The predicted octanol–water partition coefficient (Wildman–Crippen LogP) is 2.99. The molecule has 1 aromatic heterocycles. The number of nitrogens with zero attached hydrogens (tertiary/aromatic N) is 3. The zero-order valence-corrected chi connectivity index (χ0v) is 12.9. The van der Waals surface area contributed by atoms with Crippen LogP contribution in [0.3, 0.4) is 0 Å². The first-order valence-corrected chi connectivity index (χ1v) is 6.86. The van der Waals surface area contributed by atoms with E-state index in [0.717, 1.165) is 15.7 Å². The quantitative estimate of drug-likeness (QED) is 0.629. The lowest BCUT2D eigenvalue weighted by molar-refractivity contribution is -0.685. The maximum atomic E-state index is 4.46. The Morgan fingerprint density at radius 2 is 1.84 bits per heavy atom. The molecule has 0 aliphatic heterocycles. The van der Waals surface area contributed by atoms with Crippen molar-refractivity contribution in [3.63, 3.8) is 0 Å². The molecule has 0 amide bonds. The summed E-state index contributed by atoms with van der Waals surface area (Å²) in [5, 5.41) is 4.46. The molecule has 0 aliphatic carbocycles. The maximum absolute atomic E-state index is 4.46. The molecule has 2 rings (SSSR count). The van der Waals surface area contributed by atoms with Crippen molar-refractivity contribution in [1.82, 2.24) is 0 Å². The van der Waals surface area contributed by atoms with E-state index in [1.54, 1.807) is 0 Å². The molecule has 0 saturated heterocycles. The van der Waals surface area contributed by atoms with Crippen LogP contribution in [0.25, 0.3) is 0 Å². The van der Waals surface area contributed by atoms with E-state index in [2.05, 4.69) is 50.2 Å². The molecule has 0 unspecified atom stereocenters. The molecule has 19 heavy (non-hydrogen) atoms. The van der Waals surface area contributed by atoms with Crippen molar-refractivity contribution < 1.29 is 4.68 Å². The average molecular weight is 319 g/mol. The van der Waals surface area contributed by atoms with Crippen LogP contribution in [-0.4, -0.2) is 20.3 Å². The smallest absolute Gasteiger partial charge is 0.225 e. The lowest BCUT2D eigenvalue weighted by Gasteiger charge is -2.11. The first kappa shape index (κ1) is 13.7. The van der Waals surface area contributed by atoms with Gasteiger partial charge in [0.15, 0.2) is 0 Å². The van der Waals surface area contributed by atoms with E-state index in [-0.39, 0.29) is 0 Å². The molecule has 0 saturated carbocycles. The summed E-state index contributed by atoms with van der Waals surface area (Å²) in [6.07, 6.45) is 3.80. The van der Waals surface area contributed by atoms with Gasteiger partial charge in [0, 0.05) is 32.8 Å². The summed E-state index contributed by atoms with van der Waals surface area (Å²) < 4.78 is 2.90. The largest absolute Gasteiger partial charge is 0.378 e. The molecule has 0 N–H and O–H groups in total. The fourth-order valence-electron chi connectivity index (χ4n) is 1.66. The lowest BCUT2D eigenvalue weighted by atomic mass is 10.2. The number of pyridine rings is 1. The van der Waals surface area contributed by atoms with E-state index in [9.17, 15) is 0 Å². The van der Waals surface area contributed by atoms with Gasteiger partial charge in [-0.2, -0.15) is 0 Å². The van der Waals surface area contributed by atoms with E-state index in [1.165, 1.54) is 5.69 Å². The van der Waals surface area contributed by atoms with Crippen molar-refractivity contribution in [2.75, 3.05) is 19.0 Å². The molecule has 98 valence electrons. The predicted molar refractivity (Wildman–Crippen MR) is 82.8 cm³/mol. The molecule has 4 heteroatoms. The number of anilines is 1. The molecule has 0 fully saturated rings. The van der Waals surface area contributed by atoms with Crippen LogP contribution in [-0.2, 0) is 0 Å². The van der Waals surface area contributed by atoms with E-state index < -0.39 is 0 Å². The van der Waals surface area contributed by atoms with Crippen LogP contribution in [0.1, 0.15) is 11.3 Å². The molecule has 3 nitrogen and oxygen atoms in total. The van der Waals surface area contributed by atoms with Crippen molar-refractivity contribution in [2.45, 2.75) is 6.92 Å². The molecule has 2 aromatic rings. The van der Waals surface area contributed by atoms with Crippen LogP contribution in [0.15, 0.2) is 52.2 Å². The summed E-state index contributed by atoms with van der Waals surface area (Å²) in [7, 11) is 4.06. The highest BCUT2D eigenvalue weighted by Gasteiger charge is 2.07. The fraction of sp³-hybridized carbons (Fsp3) is 0.200. The number of benzene rings is 1. The number of halogens is 1. The van der Waals surface area contributed by atoms with Gasteiger partial charge in [0.25, 0.3) is 0 Å². The second-order valence-corrected chi connectivity index (χ2v) is 5.37. The summed E-state index contributed by atoms with van der Waals surface area (Å²) >= 11 is 3.50. The monoisotopic (exact) mass is 318 g/mol. The minimum Gasteiger partial charge on any atom is -0.378 e. The molecular formula is C15H17BrN3+. The van der Waals surface area contributed by atoms with Crippen molar-refractivity contribution in [1.29, 1.82) is 0 Å². The standard InChI is InChI=1S/C15H17BrN3/c1-12-15(16)5-4-10-19(12)17-11-13-6-8-14(9-7-13)18(2)3/h4-11H,1-3H3/q+1/b17-11+. The third-order valence-electron chi connectivity index (χ3n) is 2.90. The zero-order valence-electron chi connectivity index (χ0n) is 11.3. The summed E-state index contributed by atoms with van der Waals surface area (Å²) in [5.41, 5.74) is 3.34. The normalized spacial score (nSPS) is 10.9. The van der Waals surface area contributed by atoms with Gasteiger partial charge in [-0.25, -0.2) is 0 Å². The molecule has 0 atom stereocenters. The topological polar surface area (TPSA) is 19.5 Å². The van der Waals surface area contributed by atoms with Crippen molar-refractivity contribution in [3.05, 3.63) is 58.3 Å². The molecule has 0 aliphatic rings. The van der Waals surface area contributed by atoms with Crippen molar-refractivity contribution >= 4 is 27.8 Å². The van der Waals surface area contributed by atoms with Gasteiger partial charge in [-0.3, -0.25) is 0 Å². The van der Waals surface area contributed by atoms with Crippen LogP contribution in [0.2, 0.25) is 0 Å². The van der Waals surface area contributed by atoms with Gasteiger partial charge in [0.1, 0.15) is 6.21 Å². The van der Waals surface area contributed by atoms with Gasteiger partial charge >= 0.3 is 0 Å². The van der Waals surface area contributed by atoms with Crippen molar-refractivity contribution in [2.24, 2.45) is 5.10 Å². The van der Waals surface area contributed by atoms with E-state index >= 15 is 0 Å². The Hall–Kier alpha value is -1.68. The second kappa shape index (κ2) is 5.97. The van der Waals surface area contributed by atoms with Gasteiger partial charge in [0.05, 0.1) is 4.47 Å². The Balaban J connectivity index is 2.20. The third kappa shape index (κ3) is 3.41. The second-order valence-electron chi connectivity index (χ2n) is 4.52. The minimum absolute atomic E-state index is 1.05. The number of aromatic nitrogens is 1. The van der Waals surface area contributed by atoms with Crippen LogP contribution in [0, 0.1) is 6.92 Å². The van der Waals surface area contributed by atoms with Crippen LogP contribution in [0.4, 0.5) is 5.69 Å². The maximum Gasteiger partial charge on any atom is 0.225 e. The summed E-state index contributed by atoms with van der Waals surface area (Å²) in [4.78, 5) is 2.08. The van der Waals surface area contributed by atoms with Crippen LogP contribution in [0.5, 0.6) is 0 Å². The molecule has 0 spiro atoms. The summed E-state index contributed by atoms with van der Waals surface area (Å²) in [5.74, 6) is 0. The zero-order chi connectivity index (χ0) is 13.8. The fourth-order valence-corrected chi connectivity index (χ4v) is 2.00. The number of hydrogen-bond donors (Lipinski definition) is 0. The molecule has 0 radical (unpaired) electrons. The number of rotatable bonds is 3. The van der Waals surface area contributed by atoms with Gasteiger partial charge < -0.3 is 4.90 Å². The SMILES string of the molecule is Cc1c(Br)ccc[n+]1/N=C/c1ccc(N(C)C)cc1. The number of hydrogen-bond acceptors (Lipinski definition) is 2. The van der Waals surface area contributed by atoms with E-state index in [0.29, 0.717) is 0 Å².